The molecule has 4 atom stereocenters. The molecular weight excluding hydrogens is 288 g/mol. The largest absolute Gasteiger partial charge is 0.417 e. The van der Waals surface area contributed by atoms with Crippen molar-refractivity contribution in [1.29, 1.82) is 0 Å². The maximum Gasteiger partial charge on any atom is 0.191 e. The molecule has 0 bridgehead atoms. The summed E-state index contributed by atoms with van der Waals surface area (Å²) in [4.78, 5) is 12.3. The van der Waals surface area contributed by atoms with Gasteiger partial charge in [0.15, 0.2) is 8.32 Å². The van der Waals surface area contributed by atoms with Crippen LogP contribution in [0.25, 0.3) is 0 Å². The van der Waals surface area contributed by atoms with Gasteiger partial charge in [0.1, 0.15) is 5.78 Å². The number of fused-ring (bicyclic) bond motifs is 1. The lowest BCUT2D eigenvalue weighted by Gasteiger charge is -2.43. The normalized spacial score (nSPS) is 33.8. The van der Waals surface area contributed by atoms with Crippen molar-refractivity contribution >= 4 is 14.1 Å². The van der Waals surface area contributed by atoms with Crippen molar-refractivity contribution in [2.24, 2.45) is 23.2 Å². The van der Waals surface area contributed by atoms with Crippen LogP contribution < -0.4 is 0 Å². The van der Waals surface area contributed by atoms with E-state index in [1.807, 2.05) is 0 Å². The molecule has 0 aromatic heterocycles. The Morgan fingerprint density at radius 1 is 1.23 bits per heavy atom. The Bertz CT molecular complexity index is 383. The molecule has 22 heavy (non-hydrogen) atoms. The van der Waals surface area contributed by atoms with Crippen LogP contribution in [0.5, 0.6) is 0 Å². The third kappa shape index (κ3) is 3.21. The van der Waals surface area contributed by atoms with Gasteiger partial charge in [-0.25, -0.2) is 0 Å². The molecule has 2 saturated carbocycles. The van der Waals surface area contributed by atoms with Crippen molar-refractivity contribution < 1.29 is 9.22 Å². The van der Waals surface area contributed by atoms with Gasteiger partial charge < -0.3 is 4.43 Å². The highest BCUT2D eigenvalue weighted by Crippen LogP contribution is 2.56. The highest BCUT2D eigenvalue weighted by atomic mass is 28.4. The summed E-state index contributed by atoms with van der Waals surface area (Å²) in [5, 5.41) is 0. The Morgan fingerprint density at radius 2 is 1.86 bits per heavy atom. The average molecular weight is 325 g/mol. The van der Waals surface area contributed by atoms with Gasteiger partial charge in [0.05, 0.1) is 0 Å². The predicted octanol–water partition coefficient (Wildman–Crippen LogP) is 5.43. The predicted molar refractivity (Wildman–Crippen MR) is 95.5 cm³/mol. The summed E-state index contributed by atoms with van der Waals surface area (Å²) in [5.41, 5.74) is 0.257. The molecule has 0 aliphatic heterocycles. The van der Waals surface area contributed by atoms with Gasteiger partial charge in [0.25, 0.3) is 0 Å². The van der Waals surface area contributed by atoms with E-state index >= 15 is 0 Å². The summed E-state index contributed by atoms with van der Waals surface area (Å²) in [6, 6.07) is 3.70. The molecule has 1 unspecified atom stereocenters. The summed E-state index contributed by atoms with van der Waals surface area (Å²) in [7, 11) is -1.48. The van der Waals surface area contributed by atoms with E-state index in [4.69, 9.17) is 4.43 Å². The monoisotopic (exact) mass is 324 g/mol. The van der Waals surface area contributed by atoms with E-state index in [1.54, 1.807) is 0 Å². The minimum absolute atomic E-state index is 0.257. The average Bonchev–Trinajstić information content (AvgIpc) is 2.87. The van der Waals surface area contributed by atoms with E-state index in [2.05, 4.69) is 34.6 Å². The molecule has 2 rings (SSSR count). The fraction of sp³-hybridized carbons (Fsp3) is 0.947. The van der Waals surface area contributed by atoms with Gasteiger partial charge in [0.2, 0.25) is 0 Å². The molecule has 0 aromatic carbocycles. The first-order chi connectivity index (χ1) is 10.4. The van der Waals surface area contributed by atoms with Crippen molar-refractivity contribution in [3.05, 3.63) is 0 Å². The Labute approximate surface area is 138 Å². The zero-order valence-electron chi connectivity index (χ0n) is 15.4. The zero-order chi connectivity index (χ0) is 16.4. The maximum absolute atomic E-state index is 12.3. The number of Topliss-reactive ketones (excluding diaryl/α,β-unsaturated/α-hetero) is 1. The first-order valence-corrected chi connectivity index (χ1v) is 12.1. The summed E-state index contributed by atoms with van der Waals surface area (Å²) in [5.74, 6) is 2.17. The fourth-order valence-electron chi connectivity index (χ4n) is 5.39. The van der Waals surface area contributed by atoms with Crippen molar-refractivity contribution in [2.45, 2.75) is 84.9 Å². The van der Waals surface area contributed by atoms with Crippen LogP contribution in [0.1, 0.15) is 66.7 Å². The highest BCUT2D eigenvalue weighted by Gasteiger charge is 2.52. The molecule has 0 saturated heterocycles. The topological polar surface area (TPSA) is 26.3 Å². The molecular formula is C19H36O2Si. The van der Waals surface area contributed by atoms with Gasteiger partial charge in [0, 0.05) is 18.9 Å². The molecule has 0 N–H and O–H groups in total. The third-order valence-corrected chi connectivity index (χ3v) is 11.9. The number of hydrogen-bond donors (Lipinski definition) is 0. The minimum Gasteiger partial charge on any atom is -0.417 e. The Kier molecular flexibility index (Phi) is 5.93. The molecule has 0 heterocycles. The van der Waals surface area contributed by atoms with Crippen LogP contribution in [0.2, 0.25) is 18.1 Å². The van der Waals surface area contributed by atoms with E-state index in [9.17, 15) is 4.79 Å². The molecule has 2 aliphatic rings. The highest BCUT2D eigenvalue weighted by molar-refractivity contribution is 6.73. The second-order valence-corrected chi connectivity index (χ2v) is 12.9. The van der Waals surface area contributed by atoms with E-state index in [0.29, 0.717) is 23.5 Å². The number of hydrogen-bond acceptors (Lipinski definition) is 2. The van der Waals surface area contributed by atoms with Gasteiger partial charge in [-0.15, -0.1) is 0 Å². The number of rotatable bonds is 7. The lowest BCUT2D eigenvalue weighted by atomic mass is 9.62. The summed E-state index contributed by atoms with van der Waals surface area (Å²) in [6.45, 7) is 12.6. The van der Waals surface area contributed by atoms with E-state index < -0.39 is 8.32 Å². The van der Waals surface area contributed by atoms with Crippen LogP contribution in [0.4, 0.5) is 0 Å². The molecule has 0 spiro atoms. The van der Waals surface area contributed by atoms with Crippen molar-refractivity contribution in [1.82, 2.24) is 0 Å². The summed E-state index contributed by atoms with van der Waals surface area (Å²) >= 11 is 0. The molecule has 2 nitrogen and oxygen atoms in total. The SMILES string of the molecule is CC[Si](CC)(CC)OC[C@H](C)C1CC[C@H]2C(=O)CCC[C@]12C. The molecule has 0 radical (unpaired) electrons. The standard InChI is InChI=1S/C19H36O2Si/c1-6-22(7-2,8-3)21-14-15(4)16-11-12-17-18(20)10-9-13-19(16,17)5/h15-17H,6-14H2,1-5H3/t15-,16?,17-,19+/m0/s1. The first-order valence-electron chi connectivity index (χ1n) is 9.59. The summed E-state index contributed by atoms with van der Waals surface area (Å²) in [6.07, 6.45) is 5.54. The van der Waals surface area contributed by atoms with E-state index in [1.165, 1.54) is 31.0 Å². The van der Waals surface area contributed by atoms with Crippen LogP contribution in [0.3, 0.4) is 0 Å². The van der Waals surface area contributed by atoms with Crippen molar-refractivity contribution in [3.63, 3.8) is 0 Å². The lowest BCUT2D eigenvalue weighted by molar-refractivity contribution is -0.130. The fourth-order valence-corrected chi connectivity index (χ4v) is 8.11. The van der Waals surface area contributed by atoms with Gasteiger partial charge in [-0.1, -0.05) is 34.6 Å². The molecule has 2 aliphatic carbocycles. The second kappa shape index (κ2) is 7.17. The first kappa shape index (κ1) is 18.2. The van der Waals surface area contributed by atoms with Crippen LogP contribution in [0.15, 0.2) is 0 Å². The molecule has 128 valence electrons. The lowest BCUT2D eigenvalue weighted by Crippen LogP contribution is -2.42. The number of carbonyl (C=O) groups is 1. The maximum atomic E-state index is 12.3. The van der Waals surface area contributed by atoms with Crippen LogP contribution in [-0.4, -0.2) is 20.7 Å². The van der Waals surface area contributed by atoms with Gasteiger partial charge >= 0.3 is 0 Å². The van der Waals surface area contributed by atoms with Crippen LogP contribution in [0, 0.1) is 23.2 Å². The second-order valence-electron chi connectivity index (χ2n) is 8.09. The van der Waals surface area contributed by atoms with Crippen molar-refractivity contribution in [2.75, 3.05) is 6.61 Å². The summed E-state index contributed by atoms with van der Waals surface area (Å²) < 4.78 is 6.56. The molecule has 3 heteroatoms. The Hall–Kier alpha value is -0.153. The van der Waals surface area contributed by atoms with E-state index in [-0.39, 0.29) is 5.41 Å². The zero-order valence-corrected chi connectivity index (χ0v) is 16.4. The third-order valence-electron chi connectivity index (χ3n) is 7.21. The number of ketones is 1. The van der Waals surface area contributed by atoms with Gasteiger partial charge in [-0.05, 0) is 61.1 Å². The molecule has 0 amide bonds. The van der Waals surface area contributed by atoms with Gasteiger partial charge in [-0.3, -0.25) is 4.79 Å². The minimum atomic E-state index is -1.48. The van der Waals surface area contributed by atoms with Crippen LogP contribution >= 0.6 is 0 Å². The molecule has 2 fully saturated rings. The molecule has 0 aromatic rings. The van der Waals surface area contributed by atoms with E-state index in [0.717, 1.165) is 25.9 Å². The van der Waals surface area contributed by atoms with Crippen molar-refractivity contribution in [3.8, 4) is 0 Å². The smallest absolute Gasteiger partial charge is 0.191 e. The Morgan fingerprint density at radius 3 is 2.45 bits per heavy atom. The van der Waals surface area contributed by atoms with Crippen LogP contribution in [-0.2, 0) is 9.22 Å². The number of carbonyl (C=O) groups excluding carboxylic acids is 1. The Balaban J connectivity index is 2.01. The van der Waals surface area contributed by atoms with Gasteiger partial charge in [-0.2, -0.15) is 0 Å². The quantitative estimate of drug-likeness (QED) is 0.584.